The molecule has 0 radical (unpaired) electrons. The van der Waals surface area contributed by atoms with Crippen molar-refractivity contribution in [2.45, 2.75) is 22.3 Å². The van der Waals surface area contributed by atoms with Crippen LogP contribution in [-0.2, 0) is 0 Å². The van der Waals surface area contributed by atoms with Crippen molar-refractivity contribution in [3.05, 3.63) is 134 Å². The van der Waals surface area contributed by atoms with Gasteiger partial charge in [0.25, 0.3) is 5.69 Å². The molecule has 3 aliphatic rings. The number of fused-ring (bicyclic) bond motifs is 1. The normalized spacial score (nSPS) is 17.9. The van der Waals surface area contributed by atoms with Crippen LogP contribution in [-0.4, -0.2) is 21.0 Å². The summed E-state index contributed by atoms with van der Waals surface area (Å²) in [5, 5.41) is 16.0. The van der Waals surface area contributed by atoms with Gasteiger partial charge in [-0.1, -0.05) is 70.7 Å². The van der Waals surface area contributed by atoms with E-state index in [-0.39, 0.29) is 16.7 Å². The molecule has 2 heterocycles. The molecule has 1 unspecified atom stereocenters. The third-order valence-electron chi connectivity index (χ3n) is 6.13. The molecule has 40 heavy (non-hydrogen) atoms. The highest BCUT2D eigenvalue weighted by Crippen LogP contribution is 2.52. The fraction of sp³-hybridized carbons (Fsp3) is 0.0714. The van der Waals surface area contributed by atoms with Crippen LogP contribution in [0, 0.1) is 20.4 Å². The first-order valence-corrected chi connectivity index (χ1v) is 14.7. The standard InChI is InChI=1S/C28H20N3O2S2.ClHO4/c32-31(33)23-16-10-19(11-17-23)24-18-25(20-6-2-1-3-7-20)30(29-24)22-14-12-21(13-15-22)28-34-26-8-4-5-9-27(26)35-28;2-1(3,4)5/h1-17,25H,18H2;(H,2,3,4,5)/q+1;/p-1. The number of halogens is 1. The lowest BCUT2D eigenvalue weighted by atomic mass is 9.98. The molecule has 1 aliphatic carbocycles. The lowest BCUT2D eigenvalue weighted by Gasteiger charge is -2.17. The molecule has 0 aromatic heterocycles. The van der Waals surface area contributed by atoms with E-state index in [1.165, 1.54) is 25.2 Å². The van der Waals surface area contributed by atoms with Crippen molar-refractivity contribution in [3.8, 4) is 0 Å². The highest BCUT2D eigenvalue weighted by atomic mass is 35.7. The summed E-state index contributed by atoms with van der Waals surface area (Å²) < 4.78 is 37.3. The van der Waals surface area contributed by atoms with Gasteiger partial charge in [-0.2, -0.15) is 0 Å². The van der Waals surface area contributed by atoms with Gasteiger partial charge in [-0.25, -0.2) is 18.6 Å². The van der Waals surface area contributed by atoms with Crippen LogP contribution in [0.4, 0.5) is 5.69 Å². The maximum absolute atomic E-state index is 11.1. The lowest BCUT2D eigenvalue weighted by Crippen LogP contribution is -2.68. The number of thioether (sulfide) groups is 2. The van der Waals surface area contributed by atoms with Crippen LogP contribution in [0.5, 0.6) is 0 Å². The number of benzene rings is 3. The molecule has 0 bridgehead atoms. The topological polar surface area (TPSA) is 151 Å². The summed E-state index contributed by atoms with van der Waals surface area (Å²) in [6.45, 7) is 0. The Morgan fingerprint density at radius 2 is 1.35 bits per heavy atom. The molecule has 202 valence electrons. The van der Waals surface area contributed by atoms with E-state index < -0.39 is 10.2 Å². The molecule has 0 spiro atoms. The zero-order chi connectivity index (χ0) is 28.3. The van der Waals surface area contributed by atoms with Crippen LogP contribution in [0.15, 0.2) is 128 Å². The van der Waals surface area contributed by atoms with Crippen molar-refractivity contribution in [2.75, 3.05) is 0 Å². The second-order valence-corrected chi connectivity index (χ2v) is 11.8. The summed E-state index contributed by atoms with van der Waals surface area (Å²) in [7, 11) is -4.94. The quantitative estimate of drug-likeness (QED) is 0.255. The fourth-order valence-corrected chi connectivity index (χ4v) is 6.83. The summed E-state index contributed by atoms with van der Waals surface area (Å²) in [5.41, 5.74) is 5.32. The number of non-ortho nitro benzene ring substituents is 1. The largest absolute Gasteiger partial charge is 0.269 e. The number of nitro benzene ring substituents is 1. The van der Waals surface area contributed by atoms with E-state index >= 15 is 0 Å². The van der Waals surface area contributed by atoms with Crippen molar-refractivity contribution in [3.63, 3.8) is 0 Å². The number of nitrogens with zero attached hydrogens (tertiary/aromatic N) is 3. The Morgan fingerprint density at radius 1 is 0.800 bits per heavy atom. The summed E-state index contributed by atoms with van der Waals surface area (Å²) in [4.78, 5) is 13.3. The average molecular weight is 594 g/mol. The number of allylic oxidation sites excluding steroid dienone is 5. The fourth-order valence-electron chi connectivity index (χ4n) is 4.34. The molecule has 0 fully saturated rings. The van der Waals surface area contributed by atoms with E-state index in [9.17, 15) is 10.1 Å². The van der Waals surface area contributed by atoms with Gasteiger partial charge < -0.3 is 0 Å². The molecule has 9 nitrogen and oxygen atoms in total. The van der Waals surface area contributed by atoms with Gasteiger partial charge in [0.2, 0.25) is 11.8 Å². The molecule has 0 amide bonds. The van der Waals surface area contributed by atoms with E-state index in [1.54, 1.807) is 24.3 Å². The third kappa shape index (κ3) is 6.77. The summed E-state index contributed by atoms with van der Waals surface area (Å²) in [6.07, 6.45) is 9.31. The molecule has 3 aromatic rings. The van der Waals surface area contributed by atoms with E-state index in [0.29, 0.717) is 0 Å². The predicted molar refractivity (Wildman–Crippen MR) is 142 cm³/mol. The van der Waals surface area contributed by atoms with Crippen molar-refractivity contribution in [1.29, 1.82) is 0 Å². The van der Waals surface area contributed by atoms with Crippen LogP contribution in [0.1, 0.15) is 23.6 Å². The Morgan fingerprint density at radius 3 is 1.90 bits per heavy atom. The van der Waals surface area contributed by atoms with E-state index in [4.69, 9.17) is 23.7 Å². The zero-order valence-corrected chi connectivity index (χ0v) is 23.0. The molecule has 2 aliphatic heterocycles. The van der Waals surface area contributed by atoms with Crippen LogP contribution in [0.2, 0.25) is 0 Å². The molecule has 6 rings (SSSR count). The first-order valence-electron chi connectivity index (χ1n) is 11.9. The SMILES string of the molecule is O=[N+]([O-])c1ccc(C2=N[N+](=C3C=CC(=C4Sc5ccccc5S4)C=C3)C(c3ccccc3)C2)cc1.[O-][Cl+3]([O-])([O-])[O-]. The van der Waals surface area contributed by atoms with Crippen molar-refractivity contribution >= 4 is 40.6 Å². The Labute approximate surface area is 240 Å². The summed E-state index contributed by atoms with van der Waals surface area (Å²) in [6, 6.07) is 25.5. The second-order valence-electron chi connectivity index (χ2n) is 8.69. The van der Waals surface area contributed by atoms with Gasteiger partial charge in [0.05, 0.1) is 15.6 Å². The van der Waals surface area contributed by atoms with Gasteiger partial charge in [-0.15, -0.1) is 10.2 Å². The Bertz CT molecular complexity index is 1550. The highest BCUT2D eigenvalue weighted by Gasteiger charge is 2.36. The van der Waals surface area contributed by atoms with Crippen molar-refractivity contribution in [2.24, 2.45) is 5.10 Å². The van der Waals surface area contributed by atoms with E-state index in [2.05, 4.69) is 65.4 Å². The predicted octanol–water partition coefficient (Wildman–Crippen LogP) is 2.38. The molecular weight excluding hydrogens is 574 g/mol. The van der Waals surface area contributed by atoms with Crippen molar-refractivity contribution < 1.29 is 38.5 Å². The van der Waals surface area contributed by atoms with Crippen LogP contribution < -0.4 is 18.6 Å². The maximum atomic E-state index is 11.1. The van der Waals surface area contributed by atoms with Gasteiger partial charge in [-0.05, 0) is 47.1 Å². The molecular formula is C28H20ClN3O6S2. The monoisotopic (exact) mass is 593 g/mol. The summed E-state index contributed by atoms with van der Waals surface area (Å²) >= 11 is 3.63. The minimum Gasteiger partial charge on any atom is -0.258 e. The average Bonchev–Trinajstić information content (AvgIpc) is 3.58. The zero-order valence-electron chi connectivity index (χ0n) is 20.6. The maximum Gasteiger partial charge on any atom is 0.269 e. The molecule has 1 atom stereocenters. The van der Waals surface area contributed by atoms with Crippen molar-refractivity contribution in [1.82, 2.24) is 0 Å². The van der Waals surface area contributed by atoms with Gasteiger partial charge >= 0.3 is 0 Å². The lowest BCUT2D eigenvalue weighted by molar-refractivity contribution is -2.00. The Balaban J connectivity index is 0.000000595. The highest BCUT2D eigenvalue weighted by molar-refractivity contribution is 8.24. The number of rotatable bonds is 3. The van der Waals surface area contributed by atoms with Crippen LogP contribution in [0.3, 0.4) is 0 Å². The van der Waals surface area contributed by atoms with Gasteiger partial charge in [0.1, 0.15) is 5.71 Å². The van der Waals surface area contributed by atoms with Gasteiger partial charge in [0, 0.05) is 45.2 Å². The van der Waals surface area contributed by atoms with E-state index in [0.717, 1.165) is 23.4 Å². The number of hydrogen-bond acceptors (Lipinski definition) is 9. The first-order chi connectivity index (χ1) is 19.2. The Kier molecular flexibility index (Phi) is 8.33. The molecule has 3 aromatic carbocycles. The minimum absolute atomic E-state index is 0.0550. The number of hydrogen-bond donors (Lipinski definition) is 0. The molecule has 12 heteroatoms. The third-order valence-corrected chi connectivity index (χ3v) is 8.75. The smallest absolute Gasteiger partial charge is 0.258 e. The summed E-state index contributed by atoms with van der Waals surface area (Å²) in [5.74, 6) is 0. The van der Waals surface area contributed by atoms with Gasteiger partial charge in [0.15, 0.2) is 0 Å². The van der Waals surface area contributed by atoms with Gasteiger partial charge in [-0.3, -0.25) is 10.1 Å². The molecule has 0 saturated heterocycles. The van der Waals surface area contributed by atoms with E-state index in [1.807, 2.05) is 41.7 Å². The first kappa shape index (κ1) is 28.0. The molecule has 0 N–H and O–H groups in total. The van der Waals surface area contributed by atoms with Crippen LogP contribution >= 0.6 is 23.5 Å². The number of hydrazone groups is 1. The second kappa shape index (κ2) is 11.9. The number of nitro groups is 1. The molecule has 0 saturated carbocycles. The minimum atomic E-state index is -4.94. The van der Waals surface area contributed by atoms with Crippen LogP contribution in [0.25, 0.3) is 0 Å². The Hall–Kier alpha value is -3.55.